The van der Waals surface area contributed by atoms with Gasteiger partial charge in [0.2, 0.25) is 0 Å². The fraction of sp³-hybridized carbons (Fsp3) is 0.667. The van der Waals surface area contributed by atoms with Gasteiger partial charge in [0.05, 0.1) is 0 Å². The van der Waals surface area contributed by atoms with Crippen LogP contribution >= 0.6 is 0 Å². The van der Waals surface area contributed by atoms with Gasteiger partial charge in [-0.15, -0.1) is 0 Å². The van der Waals surface area contributed by atoms with Crippen LogP contribution in [0, 0.1) is 13.8 Å². The second-order valence-corrected chi connectivity index (χ2v) is 2.02. The zero-order valence-corrected chi connectivity index (χ0v) is 4.71. The first-order valence-electron chi connectivity index (χ1n) is 2.40. The van der Waals surface area contributed by atoms with Crippen LogP contribution in [0.5, 0.6) is 0 Å². The molecule has 0 aromatic heterocycles. The van der Waals surface area contributed by atoms with E-state index in [9.17, 15) is 4.39 Å². The monoisotopic (exact) mass is 102 g/mol. The van der Waals surface area contributed by atoms with Gasteiger partial charge < -0.3 is 0 Å². The van der Waals surface area contributed by atoms with Gasteiger partial charge in [-0.3, -0.25) is 0 Å². The summed E-state index contributed by atoms with van der Waals surface area (Å²) in [6, 6.07) is 0. The Hall–Kier alpha value is -0.0700. The minimum absolute atomic E-state index is 0.451. The van der Waals surface area contributed by atoms with E-state index in [1.165, 1.54) is 6.92 Å². The van der Waals surface area contributed by atoms with Crippen molar-refractivity contribution in [3.63, 3.8) is 0 Å². The van der Waals surface area contributed by atoms with Gasteiger partial charge in [-0.1, -0.05) is 13.3 Å². The summed E-state index contributed by atoms with van der Waals surface area (Å²) in [7, 11) is 0. The van der Waals surface area contributed by atoms with E-state index in [-0.39, 0.29) is 0 Å². The van der Waals surface area contributed by atoms with Crippen LogP contribution in [0.1, 0.15) is 19.8 Å². The van der Waals surface area contributed by atoms with Crippen LogP contribution < -0.4 is 0 Å². The molecule has 0 heterocycles. The normalized spacial score (nSPS) is 12.0. The highest BCUT2D eigenvalue weighted by Crippen LogP contribution is 2.13. The molecule has 0 bridgehead atoms. The minimum atomic E-state index is -1.26. The summed E-state index contributed by atoms with van der Waals surface area (Å²) in [5.41, 5.74) is -1.26. The molecule has 0 aliphatic carbocycles. The largest absolute Gasteiger partial charge is 0.244 e. The predicted molar refractivity (Wildman–Crippen MR) is 29.5 cm³/mol. The van der Waals surface area contributed by atoms with Gasteiger partial charge in [-0.05, 0) is 20.3 Å². The van der Waals surface area contributed by atoms with Gasteiger partial charge in [0.25, 0.3) is 0 Å². The van der Waals surface area contributed by atoms with E-state index in [2.05, 4.69) is 13.8 Å². The summed E-state index contributed by atoms with van der Waals surface area (Å²) in [6.45, 7) is 8.20. The molecule has 0 aliphatic rings. The Bertz CT molecular complexity index is 42.6. The van der Waals surface area contributed by atoms with Crippen LogP contribution in [0.15, 0.2) is 0 Å². The van der Waals surface area contributed by atoms with Crippen molar-refractivity contribution < 1.29 is 4.39 Å². The fourth-order valence-electron chi connectivity index (χ4n) is 0.369. The van der Waals surface area contributed by atoms with Crippen molar-refractivity contribution in [1.82, 2.24) is 0 Å². The molecule has 42 valence electrons. The summed E-state index contributed by atoms with van der Waals surface area (Å²) in [5, 5.41) is 0. The standard InChI is InChI=1S/C6H11F/c1-4-5-6(2,3)7/h1-2,4-5H2,3H3. The van der Waals surface area contributed by atoms with Gasteiger partial charge in [-0.25, -0.2) is 4.39 Å². The molecule has 0 rings (SSSR count). The van der Waals surface area contributed by atoms with Crippen molar-refractivity contribution in [1.29, 1.82) is 0 Å². The number of hydrogen-bond donors (Lipinski definition) is 0. The summed E-state index contributed by atoms with van der Waals surface area (Å²) >= 11 is 0. The molecule has 0 saturated heterocycles. The molecule has 0 spiro atoms. The van der Waals surface area contributed by atoms with Crippen LogP contribution in [0.25, 0.3) is 0 Å². The van der Waals surface area contributed by atoms with Gasteiger partial charge in [0.15, 0.2) is 0 Å². The molecule has 1 atom stereocenters. The average Bonchev–Trinajstić information content (AvgIpc) is 1.30. The van der Waals surface area contributed by atoms with Crippen LogP contribution in [0.4, 0.5) is 4.39 Å². The number of rotatable bonds is 2. The number of halogens is 1. The summed E-state index contributed by atoms with van der Waals surface area (Å²) < 4.78 is 12.2. The lowest BCUT2D eigenvalue weighted by molar-refractivity contribution is 0.238. The second kappa shape index (κ2) is 2.29. The van der Waals surface area contributed by atoms with Gasteiger partial charge in [0, 0.05) is 0 Å². The molecular weight excluding hydrogens is 91.1 g/mol. The van der Waals surface area contributed by atoms with Crippen molar-refractivity contribution in [2.75, 3.05) is 0 Å². The number of hydrogen-bond acceptors (Lipinski definition) is 0. The fourth-order valence-corrected chi connectivity index (χ4v) is 0.369. The van der Waals surface area contributed by atoms with E-state index in [0.29, 0.717) is 12.8 Å². The average molecular weight is 102 g/mol. The summed E-state index contributed by atoms with van der Waals surface area (Å²) in [6.07, 6.45) is 1.07. The van der Waals surface area contributed by atoms with Crippen molar-refractivity contribution >= 4 is 0 Å². The Labute approximate surface area is 44.7 Å². The van der Waals surface area contributed by atoms with E-state index in [0.717, 1.165) is 0 Å². The van der Waals surface area contributed by atoms with Gasteiger partial charge in [-0.2, -0.15) is 0 Å². The lowest BCUT2D eigenvalue weighted by Gasteiger charge is -2.09. The molecule has 0 aromatic rings. The highest BCUT2D eigenvalue weighted by Gasteiger charge is 2.12. The minimum Gasteiger partial charge on any atom is -0.244 e. The third-order valence-electron chi connectivity index (χ3n) is 0.698. The quantitative estimate of drug-likeness (QED) is 0.501. The van der Waals surface area contributed by atoms with Crippen molar-refractivity contribution in [3.8, 4) is 0 Å². The topological polar surface area (TPSA) is 0 Å². The Kier molecular flexibility index (Phi) is 2.27. The van der Waals surface area contributed by atoms with E-state index >= 15 is 0 Å². The molecule has 2 radical (unpaired) electrons. The molecule has 1 heteroatoms. The maximum absolute atomic E-state index is 12.2. The molecule has 0 fully saturated rings. The SMILES string of the molecule is [CH2]CCC([CH2])(C)F. The van der Waals surface area contributed by atoms with Crippen LogP contribution in [0.2, 0.25) is 0 Å². The molecule has 1 unspecified atom stereocenters. The molecule has 0 nitrogen and oxygen atoms in total. The first kappa shape index (κ1) is 6.93. The van der Waals surface area contributed by atoms with Gasteiger partial charge in [0.1, 0.15) is 5.67 Å². The van der Waals surface area contributed by atoms with Crippen molar-refractivity contribution in [2.45, 2.75) is 25.4 Å². The lowest BCUT2D eigenvalue weighted by atomic mass is 10.1. The van der Waals surface area contributed by atoms with Crippen molar-refractivity contribution in [2.24, 2.45) is 0 Å². The Morgan fingerprint density at radius 2 is 2.14 bits per heavy atom. The molecule has 0 saturated carbocycles. The molecule has 0 N–H and O–H groups in total. The summed E-state index contributed by atoms with van der Waals surface area (Å²) in [5.74, 6) is 0. The Balaban J connectivity index is 3.15. The zero-order valence-electron chi connectivity index (χ0n) is 4.71. The van der Waals surface area contributed by atoms with Crippen LogP contribution in [0.3, 0.4) is 0 Å². The molecular formula is C6H11F. The summed E-state index contributed by atoms with van der Waals surface area (Å²) in [4.78, 5) is 0. The van der Waals surface area contributed by atoms with Gasteiger partial charge >= 0.3 is 0 Å². The van der Waals surface area contributed by atoms with Crippen molar-refractivity contribution in [3.05, 3.63) is 13.8 Å². The number of alkyl halides is 1. The maximum atomic E-state index is 12.2. The van der Waals surface area contributed by atoms with E-state index < -0.39 is 5.67 Å². The lowest BCUT2D eigenvalue weighted by Crippen LogP contribution is -2.10. The third kappa shape index (κ3) is 5.93. The Morgan fingerprint density at radius 3 is 2.14 bits per heavy atom. The zero-order chi connectivity index (χ0) is 5.91. The highest BCUT2D eigenvalue weighted by atomic mass is 19.1. The van der Waals surface area contributed by atoms with Crippen LogP contribution in [-0.4, -0.2) is 5.67 Å². The van der Waals surface area contributed by atoms with E-state index in [1.807, 2.05) is 0 Å². The first-order valence-corrected chi connectivity index (χ1v) is 2.40. The third-order valence-corrected chi connectivity index (χ3v) is 0.698. The second-order valence-electron chi connectivity index (χ2n) is 2.02. The highest BCUT2D eigenvalue weighted by molar-refractivity contribution is 4.75. The van der Waals surface area contributed by atoms with E-state index in [1.54, 1.807) is 0 Å². The molecule has 0 aromatic carbocycles. The molecule has 0 aliphatic heterocycles. The Morgan fingerprint density at radius 1 is 1.71 bits per heavy atom. The molecule has 0 amide bonds. The smallest absolute Gasteiger partial charge is 0.108 e. The molecule has 7 heavy (non-hydrogen) atoms. The maximum Gasteiger partial charge on any atom is 0.108 e. The van der Waals surface area contributed by atoms with Crippen LogP contribution in [-0.2, 0) is 0 Å². The van der Waals surface area contributed by atoms with E-state index in [4.69, 9.17) is 0 Å². The first-order chi connectivity index (χ1) is 3.06. The predicted octanol–water partition coefficient (Wildman–Crippen LogP) is 2.16.